The molecule has 0 atom stereocenters. The zero-order valence-corrected chi connectivity index (χ0v) is 9.80. The maximum Gasteiger partial charge on any atom is 0.259 e. The summed E-state index contributed by atoms with van der Waals surface area (Å²) in [7, 11) is 1.81. The number of amides is 1. The second kappa shape index (κ2) is 4.82. The summed E-state index contributed by atoms with van der Waals surface area (Å²) in [5, 5.41) is 4.03. The van der Waals surface area contributed by atoms with Crippen LogP contribution in [0.15, 0.2) is 23.4 Å². The van der Waals surface area contributed by atoms with Crippen LogP contribution in [0.2, 0.25) is 0 Å². The Morgan fingerprint density at radius 3 is 3.12 bits per heavy atom. The van der Waals surface area contributed by atoms with Gasteiger partial charge in [0.2, 0.25) is 5.88 Å². The highest BCUT2D eigenvalue weighted by Gasteiger charge is 2.21. The number of amidine groups is 1. The minimum absolute atomic E-state index is 0.127. The number of ether oxygens (including phenoxy) is 1. The van der Waals surface area contributed by atoms with Gasteiger partial charge in [-0.1, -0.05) is 0 Å². The first-order valence-electron chi connectivity index (χ1n) is 5.38. The van der Waals surface area contributed by atoms with E-state index in [1.54, 1.807) is 18.1 Å². The smallest absolute Gasteiger partial charge is 0.259 e. The summed E-state index contributed by atoms with van der Waals surface area (Å²) in [6, 6.07) is 3.68. The van der Waals surface area contributed by atoms with Crippen molar-refractivity contribution in [2.24, 2.45) is 5.10 Å². The molecule has 0 unspecified atom stereocenters. The summed E-state index contributed by atoms with van der Waals surface area (Å²) in [6.07, 6.45) is 1.66. The van der Waals surface area contributed by atoms with Crippen LogP contribution < -0.4 is 10.2 Å². The minimum atomic E-state index is -0.127. The van der Waals surface area contributed by atoms with Crippen LogP contribution in [0.25, 0.3) is 0 Å². The molecule has 0 saturated carbocycles. The van der Waals surface area contributed by atoms with E-state index in [1.165, 1.54) is 0 Å². The summed E-state index contributed by atoms with van der Waals surface area (Å²) < 4.78 is 5.43. The number of aromatic nitrogens is 1. The summed E-state index contributed by atoms with van der Waals surface area (Å²) in [6.45, 7) is 2.71. The van der Waals surface area contributed by atoms with Gasteiger partial charge in [-0.25, -0.2) is 10.4 Å². The van der Waals surface area contributed by atoms with E-state index < -0.39 is 0 Å². The number of hydrogen-bond acceptors (Lipinski definition) is 5. The van der Waals surface area contributed by atoms with E-state index in [0.717, 1.165) is 5.56 Å². The number of rotatable bonds is 3. The monoisotopic (exact) mass is 234 g/mol. The predicted molar refractivity (Wildman–Crippen MR) is 62.7 cm³/mol. The quantitative estimate of drug-likeness (QED) is 0.811. The molecule has 0 saturated heterocycles. The molecule has 1 aromatic rings. The van der Waals surface area contributed by atoms with E-state index >= 15 is 0 Å². The van der Waals surface area contributed by atoms with Crippen LogP contribution in [-0.2, 0) is 4.79 Å². The van der Waals surface area contributed by atoms with Crippen molar-refractivity contribution in [1.82, 2.24) is 15.3 Å². The van der Waals surface area contributed by atoms with Gasteiger partial charge in [0.25, 0.3) is 5.91 Å². The first-order chi connectivity index (χ1) is 8.22. The van der Waals surface area contributed by atoms with Crippen LogP contribution in [0.4, 0.5) is 0 Å². The average molecular weight is 234 g/mol. The molecule has 90 valence electrons. The van der Waals surface area contributed by atoms with Crippen LogP contribution in [0.5, 0.6) is 5.88 Å². The fraction of sp³-hybridized carbons (Fsp3) is 0.364. The van der Waals surface area contributed by atoms with Crippen molar-refractivity contribution in [2.45, 2.75) is 6.92 Å². The highest BCUT2D eigenvalue weighted by atomic mass is 16.5. The first kappa shape index (κ1) is 11.4. The molecule has 17 heavy (non-hydrogen) atoms. The molecule has 6 heteroatoms. The average Bonchev–Trinajstić information content (AvgIpc) is 2.31. The Morgan fingerprint density at radius 2 is 2.41 bits per heavy atom. The van der Waals surface area contributed by atoms with Gasteiger partial charge in [0.15, 0.2) is 5.84 Å². The van der Waals surface area contributed by atoms with Crippen molar-refractivity contribution in [3.05, 3.63) is 23.9 Å². The number of carbonyl (C=O) groups excluding carboxylic acids is 1. The van der Waals surface area contributed by atoms with Crippen LogP contribution >= 0.6 is 0 Å². The lowest BCUT2D eigenvalue weighted by Crippen LogP contribution is -2.43. The maximum absolute atomic E-state index is 11.2. The lowest BCUT2D eigenvalue weighted by atomic mass is 10.2. The van der Waals surface area contributed by atoms with E-state index in [-0.39, 0.29) is 12.5 Å². The topological polar surface area (TPSA) is 66.8 Å². The molecule has 1 aliphatic rings. The molecular formula is C11H14N4O2. The van der Waals surface area contributed by atoms with E-state index in [9.17, 15) is 4.79 Å². The molecule has 1 aromatic heterocycles. The largest absolute Gasteiger partial charge is 0.477 e. The van der Waals surface area contributed by atoms with Crippen LogP contribution in [0.1, 0.15) is 12.5 Å². The van der Waals surface area contributed by atoms with Gasteiger partial charge >= 0.3 is 0 Å². The van der Waals surface area contributed by atoms with Crippen molar-refractivity contribution < 1.29 is 9.53 Å². The van der Waals surface area contributed by atoms with Gasteiger partial charge in [-0.05, 0) is 19.1 Å². The van der Waals surface area contributed by atoms with Crippen molar-refractivity contribution >= 4 is 11.7 Å². The van der Waals surface area contributed by atoms with E-state index in [0.29, 0.717) is 18.3 Å². The maximum atomic E-state index is 11.2. The van der Waals surface area contributed by atoms with Gasteiger partial charge in [-0.2, -0.15) is 5.10 Å². The number of carbonyl (C=O) groups is 1. The van der Waals surface area contributed by atoms with Crippen molar-refractivity contribution in [3.8, 4) is 5.88 Å². The number of nitrogens with zero attached hydrogens (tertiary/aromatic N) is 3. The second-order valence-corrected chi connectivity index (χ2v) is 3.62. The number of hydrazone groups is 1. The molecule has 0 bridgehead atoms. The minimum Gasteiger partial charge on any atom is -0.477 e. The Labute approximate surface area is 99.3 Å². The van der Waals surface area contributed by atoms with Crippen LogP contribution in [-0.4, -0.2) is 41.8 Å². The van der Waals surface area contributed by atoms with Gasteiger partial charge in [0.05, 0.1) is 18.7 Å². The highest BCUT2D eigenvalue weighted by molar-refractivity contribution is 6.04. The molecular weight excluding hydrogens is 220 g/mol. The molecule has 0 aromatic carbocycles. The molecule has 0 spiro atoms. The molecule has 2 heterocycles. The molecule has 0 radical (unpaired) electrons. The molecule has 1 aliphatic heterocycles. The molecule has 1 amide bonds. The Morgan fingerprint density at radius 1 is 1.59 bits per heavy atom. The second-order valence-electron chi connectivity index (χ2n) is 3.62. The first-order valence-corrected chi connectivity index (χ1v) is 5.38. The number of nitrogens with one attached hydrogen (secondary N) is 1. The Bertz CT molecular complexity index is 459. The number of hydrogen-bond donors (Lipinski definition) is 1. The number of pyridine rings is 1. The SMILES string of the molecule is CCOc1ncccc1C1=NNC(=O)CN1C. The van der Waals surface area contributed by atoms with Crippen LogP contribution in [0.3, 0.4) is 0 Å². The third-order valence-electron chi connectivity index (χ3n) is 2.32. The third kappa shape index (κ3) is 2.35. The van der Waals surface area contributed by atoms with Gasteiger partial charge in [0, 0.05) is 13.2 Å². The standard InChI is InChI=1S/C11H14N4O2/c1-3-17-11-8(5-4-6-12-11)10-14-13-9(16)7-15(10)2/h4-6H,3,7H2,1-2H3,(H,13,16). The highest BCUT2D eigenvalue weighted by Crippen LogP contribution is 2.17. The van der Waals surface area contributed by atoms with E-state index in [1.807, 2.05) is 19.1 Å². The van der Waals surface area contributed by atoms with Crippen LogP contribution in [0, 0.1) is 0 Å². The Balaban J connectivity index is 2.36. The summed E-state index contributed by atoms with van der Waals surface area (Å²) >= 11 is 0. The molecule has 1 N–H and O–H groups in total. The van der Waals surface area contributed by atoms with Crippen molar-refractivity contribution in [1.29, 1.82) is 0 Å². The summed E-state index contributed by atoms with van der Waals surface area (Å²) in [4.78, 5) is 17.1. The zero-order chi connectivity index (χ0) is 12.3. The Kier molecular flexibility index (Phi) is 3.22. The third-order valence-corrected chi connectivity index (χ3v) is 2.32. The fourth-order valence-corrected chi connectivity index (χ4v) is 1.60. The van der Waals surface area contributed by atoms with Gasteiger partial charge in [0.1, 0.15) is 0 Å². The van der Waals surface area contributed by atoms with Gasteiger partial charge in [-0.3, -0.25) is 4.79 Å². The summed E-state index contributed by atoms with van der Waals surface area (Å²) in [5.41, 5.74) is 3.23. The normalized spacial score (nSPS) is 15.3. The van der Waals surface area contributed by atoms with Gasteiger partial charge < -0.3 is 9.64 Å². The lowest BCUT2D eigenvalue weighted by molar-refractivity contribution is -0.121. The van der Waals surface area contributed by atoms with Gasteiger partial charge in [-0.15, -0.1) is 0 Å². The van der Waals surface area contributed by atoms with Crippen molar-refractivity contribution in [3.63, 3.8) is 0 Å². The predicted octanol–water partition coefficient (Wildman–Crippen LogP) is 0.203. The summed E-state index contributed by atoms with van der Waals surface area (Å²) in [5.74, 6) is 1.05. The number of likely N-dealkylation sites (N-methyl/N-ethyl adjacent to an activating group) is 1. The Hall–Kier alpha value is -2.11. The molecule has 2 rings (SSSR count). The molecule has 0 aliphatic carbocycles. The van der Waals surface area contributed by atoms with Crippen molar-refractivity contribution in [2.75, 3.05) is 20.2 Å². The van der Waals surface area contributed by atoms with E-state index in [4.69, 9.17) is 4.74 Å². The zero-order valence-electron chi connectivity index (χ0n) is 9.80. The van der Waals surface area contributed by atoms with E-state index in [2.05, 4.69) is 15.5 Å². The fourth-order valence-electron chi connectivity index (χ4n) is 1.60. The molecule has 6 nitrogen and oxygen atoms in total. The molecule has 0 fully saturated rings. The lowest BCUT2D eigenvalue weighted by Gasteiger charge is -2.24.